The molecule has 0 bridgehead atoms. The second-order valence-corrected chi connectivity index (χ2v) is 4.60. The summed E-state index contributed by atoms with van der Waals surface area (Å²) >= 11 is 1.48. The van der Waals surface area contributed by atoms with Gasteiger partial charge in [0.25, 0.3) is 0 Å². The summed E-state index contributed by atoms with van der Waals surface area (Å²) in [6, 6.07) is 9.60. The van der Waals surface area contributed by atoms with E-state index in [-0.39, 0.29) is 0 Å². The predicted octanol–water partition coefficient (Wildman–Crippen LogP) is 3.07. The third kappa shape index (κ3) is 3.05. The maximum absolute atomic E-state index is 9.93. The molecule has 17 heavy (non-hydrogen) atoms. The molecular formula is C13H14N2OS. The minimum Gasteiger partial charge on any atom is -0.388 e. The van der Waals surface area contributed by atoms with Gasteiger partial charge in [0.1, 0.15) is 0 Å². The predicted molar refractivity (Wildman–Crippen MR) is 67.8 cm³/mol. The van der Waals surface area contributed by atoms with Crippen molar-refractivity contribution >= 4 is 11.8 Å². The van der Waals surface area contributed by atoms with Crippen molar-refractivity contribution in [1.82, 2.24) is 9.97 Å². The van der Waals surface area contributed by atoms with Crippen LogP contribution < -0.4 is 0 Å². The maximum Gasteiger partial charge on any atom is 0.192 e. The molecule has 0 aliphatic carbocycles. The molecule has 0 saturated heterocycles. The second-order valence-electron chi connectivity index (χ2n) is 3.60. The fourth-order valence-electron chi connectivity index (χ4n) is 1.51. The molecule has 1 N–H and O–H groups in total. The van der Waals surface area contributed by atoms with Gasteiger partial charge in [-0.3, -0.25) is 0 Å². The van der Waals surface area contributed by atoms with Crippen LogP contribution in [0, 0.1) is 0 Å². The largest absolute Gasteiger partial charge is 0.388 e. The van der Waals surface area contributed by atoms with Crippen molar-refractivity contribution in [3.63, 3.8) is 0 Å². The van der Waals surface area contributed by atoms with Gasteiger partial charge in [-0.15, -0.1) is 0 Å². The lowest BCUT2D eigenvalue weighted by atomic mass is 10.1. The first-order valence-corrected chi connectivity index (χ1v) is 6.34. The first-order valence-electron chi connectivity index (χ1n) is 5.53. The number of aliphatic hydroxyl groups excluding tert-OH is 1. The number of aliphatic hydroxyl groups is 1. The van der Waals surface area contributed by atoms with Gasteiger partial charge in [-0.2, -0.15) is 0 Å². The Bertz CT molecular complexity index is 476. The molecule has 0 radical (unpaired) electrons. The highest BCUT2D eigenvalue weighted by atomic mass is 32.2. The average molecular weight is 246 g/mol. The summed E-state index contributed by atoms with van der Waals surface area (Å²) in [5.41, 5.74) is 0.937. The molecule has 1 aromatic carbocycles. The molecule has 1 heterocycles. The monoisotopic (exact) mass is 246 g/mol. The molecule has 0 aliphatic rings. The van der Waals surface area contributed by atoms with Gasteiger partial charge in [-0.05, 0) is 35.9 Å². The number of hydrogen-bond acceptors (Lipinski definition) is 4. The lowest BCUT2D eigenvalue weighted by Gasteiger charge is -2.12. The van der Waals surface area contributed by atoms with E-state index in [1.165, 1.54) is 11.8 Å². The van der Waals surface area contributed by atoms with Gasteiger partial charge < -0.3 is 5.11 Å². The molecule has 0 fully saturated rings. The number of nitrogens with zero attached hydrogens (tertiary/aromatic N) is 2. The molecule has 0 aliphatic heterocycles. The molecule has 1 atom stereocenters. The van der Waals surface area contributed by atoms with E-state index in [1.807, 2.05) is 31.2 Å². The molecule has 4 heteroatoms. The van der Waals surface area contributed by atoms with E-state index in [0.29, 0.717) is 11.6 Å². The van der Waals surface area contributed by atoms with Gasteiger partial charge >= 0.3 is 0 Å². The van der Waals surface area contributed by atoms with Crippen LogP contribution in [0.1, 0.15) is 25.0 Å². The normalized spacial score (nSPS) is 12.4. The smallest absolute Gasteiger partial charge is 0.192 e. The van der Waals surface area contributed by atoms with Gasteiger partial charge in [0.15, 0.2) is 5.16 Å². The Morgan fingerprint density at radius 2 is 1.88 bits per heavy atom. The Morgan fingerprint density at radius 1 is 1.18 bits per heavy atom. The Balaban J connectivity index is 2.27. The third-order valence-electron chi connectivity index (χ3n) is 2.41. The second kappa shape index (κ2) is 5.80. The minimum absolute atomic E-state index is 0.428. The maximum atomic E-state index is 9.93. The quantitative estimate of drug-likeness (QED) is 0.842. The van der Waals surface area contributed by atoms with E-state index in [2.05, 4.69) is 9.97 Å². The fraction of sp³-hybridized carbons (Fsp3) is 0.231. The highest BCUT2D eigenvalue weighted by Crippen LogP contribution is 2.31. The van der Waals surface area contributed by atoms with Crippen molar-refractivity contribution in [2.24, 2.45) is 0 Å². The minimum atomic E-state index is -0.428. The van der Waals surface area contributed by atoms with E-state index in [1.54, 1.807) is 18.5 Å². The van der Waals surface area contributed by atoms with Crippen molar-refractivity contribution < 1.29 is 5.11 Å². The highest BCUT2D eigenvalue weighted by molar-refractivity contribution is 7.99. The zero-order valence-corrected chi connectivity index (χ0v) is 10.4. The Hall–Kier alpha value is -1.39. The van der Waals surface area contributed by atoms with Crippen molar-refractivity contribution in [3.05, 3.63) is 48.3 Å². The van der Waals surface area contributed by atoms with Crippen LogP contribution in [-0.4, -0.2) is 15.1 Å². The third-order valence-corrected chi connectivity index (χ3v) is 3.39. The van der Waals surface area contributed by atoms with E-state index in [4.69, 9.17) is 0 Å². The molecule has 1 aromatic heterocycles. The molecule has 0 amide bonds. The van der Waals surface area contributed by atoms with Crippen LogP contribution in [0.15, 0.2) is 52.8 Å². The molecule has 0 saturated carbocycles. The molecule has 88 valence electrons. The zero-order valence-electron chi connectivity index (χ0n) is 9.58. The summed E-state index contributed by atoms with van der Waals surface area (Å²) in [6.07, 6.45) is 3.71. The van der Waals surface area contributed by atoms with E-state index in [0.717, 1.165) is 10.5 Å². The van der Waals surface area contributed by atoms with Crippen LogP contribution >= 0.6 is 11.8 Å². The lowest BCUT2D eigenvalue weighted by Crippen LogP contribution is -1.97. The summed E-state index contributed by atoms with van der Waals surface area (Å²) < 4.78 is 0. The Morgan fingerprint density at radius 3 is 2.59 bits per heavy atom. The van der Waals surface area contributed by atoms with Crippen molar-refractivity contribution in [2.75, 3.05) is 0 Å². The van der Waals surface area contributed by atoms with E-state index in [9.17, 15) is 5.11 Å². The summed E-state index contributed by atoms with van der Waals surface area (Å²) in [5, 5.41) is 10.6. The molecule has 3 nitrogen and oxygen atoms in total. The molecular weight excluding hydrogens is 232 g/mol. The number of benzene rings is 1. The SMILES string of the molecule is CC[C@H](O)c1ccccc1Sc1ncccn1. The number of rotatable bonds is 4. The van der Waals surface area contributed by atoms with Crippen LogP contribution in [0.5, 0.6) is 0 Å². The number of hydrogen-bond donors (Lipinski definition) is 1. The van der Waals surface area contributed by atoms with Gasteiger partial charge in [0.05, 0.1) is 6.10 Å². The van der Waals surface area contributed by atoms with Crippen molar-refractivity contribution in [3.8, 4) is 0 Å². The van der Waals surface area contributed by atoms with Gasteiger partial charge in [-0.1, -0.05) is 25.1 Å². The topological polar surface area (TPSA) is 46.0 Å². The number of aromatic nitrogens is 2. The summed E-state index contributed by atoms with van der Waals surface area (Å²) in [7, 11) is 0. The van der Waals surface area contributed by atoms with Gasteiger partial charge in [0, 0.05) is 17.3 Å². The lowest BCUT2D eigenvalue weighted by molar-refractivity contribution is 0.171. The van der Waals surface area contributed by atoms with Crippen LogP contribution in [0.25, 0.3) is 0 Å². The zero-order chi connectivity index (χ0) is 12.1. The first-order chi connectivity index (χ1) is 8.31. The van der Waals surface area contributed by atoms with Crippen LogP contribution in [-0.2, 0) is 0 Å². The van der Waals surface area contributed by atoms with Crippen molar-refractivity contribution in [1.29, 1.82) is 0 Å². The van der Waals surface area contributed by atoms with Crippen molar-refractivity contribution in [2.45, 2.75) is 29.5 Å². The van der Waals surface area contributed by atoms with Crippen LogP contribution in [0.3, 0.4) is 0 Å². The van der Waals surface area contributed by atoms with E-state index >= 15 is 0 Å². The van der Waals surface area contributed by atoms with Gasteiger partial charge in [-0.25, -0.2) is 9.97 Å². The Kier molecular flexibility index (Phi) is 4.12. The van der Waals surface area contributed by atoms with E-state index < -0.39 is 6.10 Å². The fourth-order valence-corrected chi connectivity index (χ4v) is 2.40. The summed E-state index contributed by atoms with van der Waals surface area (Å²) in [4.78, 5) is 9.35. The Labute approximate surface area is 105 Å². The standard InChI is InChI=1S/C13H14N2OS/c1-2-11(16)10-6-3-4-7-12(10)17-13-14-8-5-9-15-13/h3-9,11,16H,2H2,1H3/t11-/m0/s1. The van der Waals surface area contributed by atoms with Gasteiger partial charge in [0.2, 0.25) is 0 Å². The molecule has 2 rings (SSSR count). The molecule has 0 spiro atoms. The first kappa shape index (κ1) is 12.1. The van der Waals surface area contributed by atoms with Crippen LogP contribution in [0.4, 0.5) is 0 Å². The molecule has 0 unspecified atom stereocenters. The summed E-state index contributed by atoms with van der Waals surface area (Å²) in [5.74, 6) is 0. The average Bonchev–Trinajstić information content (AvgIpc) is 2.40. The molecule has 2 aromatic rings. The highest BCUT2D eigenvalue weighted by Gasteiger charge is 2.11. The van der Waals surface area contributed by atoms with Crippen LogP contribution in [0.2, 0.25) is 0 Å². The summed E-state index contributed by atoms with van der Waals surface area (Å²) in [6.45, 7) is 1.96.